The van der Waals surface area contributed by atoms with Crippen LogP contribution in [0.1, 0.15) is 13.3 Å². The van der Waals surface area contributed by atoms with E-state index < -0.39 is 0 Å². The maximum absolute atomic E-state index is 12.3. The van der Waals surface area contributed by atoms with Crippen LogP contribution >= 0.6 is 11.8 Å². The van der Waals surface area contributed by atoms with Gasteiger partial charge in [-0.3, -0.25) is 9.69 Å². The van der Waals surface area contributed by atoms with Crippen molar-refractivity contribution in [1.82, 2.24) is 10.2 Å². The standard InChI is InChI=1S/C18H28N2O4S/c1-14(25-15-5-6-16(22-2)17(13-15)23-3)18(21)19-7-4-8-20-9-11-24-12-10-20/h5-6,13-14H,4,7-12H2,1-3H3,(H,19,21)/t14-/m1/s1. The van der Waals surface area contributed by atoms with Gasteiger partial charge in [0.2, 0.25) is 5.91 Å². The van der Waals surface area contributed by atoms with Crippen LogP contribution in [-0.2, 0) is 9.53 Å². The summed E-state index contributed by atoms with van der Waals surface area (Å²) in [6.07, 6.45) is 0.958. The molecule has 1 aromatic rings. The van der Waals surface area contributed by atoms with Crippen molar-refractivity contribution < 1.29 is 19.0 Å². The molecule has 1 fully saturated rings. The van der Waals surface area contributed by atoms with Gasteiger partial charge in [-0.2, -0.15) is 0 Å². The second-order valence-electron chi connectivity index (χ2n) is 5.88. The van der Waals surface area contributed by atoms with E-state index in [-0.39, 0.29) is 11.2 Å². The van der Waals surface area contributed by atoms with Gasteiger partial charge in [0.15, 0.2) is 11.5 Å². The first-order valence-corrected chi connectivity index (χ1v) is 9.48. The van der Waals surface area contributed by atoms with Crippen molar-refractivity contribution in [2.45, 2.75) is 23.5 Å². The van der Waals surface area contributed by atoms with Gasteiger partial charge in [-0.25, -0.2) is 0 Å². The molecular weight excluding hydrogens is 340 g/mol. The average molecular weight is 368 g/mol. The Morgan fingerprint density at radius 1 is 1.28 bits per heavy atom. The van der Waals surface area contributed by atoms with Gasteiger partial charge in [0.25, 0.3) is 0 Å². The lowest BCUT2D eigenvalue weighted by Crippen LogP contribution is -2.38. The maximum atomic E-state index is 12.3. The van der Waals surface area contributed by atoms with Crippen molar-refractivity contribution >= 4 is 17.7 Å². The second kappa shape index (κ2) is 10.5. The monoisotopic (exact) mass is 368 g/mol. The lowest BCUT2D eigenvalue weighted by Gasteiger charge is -2.26. The van der Waals surface area contributed by atoms with Crippen LogP contribution < -0.4 is 14.8 Å². The van der Waals surface area contributed by atoms with E-state index in [4.69, 9.17) is 14.2 Å². The zero-order valence-corrected chi connectivity index (χ0v) is 16.1. The number of amides is 1. The zero-order valence-electron chi connectivity index (χ0n) is 15.2. The fraction of sp³-hybridized carbons (Fsp3) is 0.611. The first-order valence-electron chi connectivity index (χ1n) is 8.60. The van der Waals surface area contributed by atoms with Crippen molar-refractivity contribution in [3.8, 4) is 11.5 Å². The summed E-state index contributed by atoms with van der Waals surface area (Å²) in [7, 11) is 3.22. The predicted molar refractivity (Wildman–Crippen MR) is 99.8 cm³/mol. The number of ether oxygens (including phenoxy) is 3. The molecule has 25 heavy (non-hydrogen) atoms. The van der Waals surface area contributed by atoms with E-state index >= 15 is 0 Å². The molecule has 0 unspecified atom stereocenters. The van der Waals surface area contributed by atoms with Gasteiger partial charge in [-0.1, -0.05) is 0 Å². The Bertz CT molecular complexity index is 550. The minimum atomic E-state index is -0.165. The number of carbonyl (C=O) groups is 1. The molecule has 0 spiro atoms. The molecule has 7 heteroatoms. The molecule has 1 saturated heterocycles. The van der Waals surface area contributed by atoms with Crippen molar-refractivity contribution in [1.29, 1.82) is 0 Å². The smallest absolute Gasteiger partial charge is 0.233 e. The fourth-order valence-corrected chi connectivity index (χ4v) is 3.55. The third-order valence-corrected chi connectivity index (χ3v) is 5.18. The normalized spacial score (nSPS) is 16.3. The number of methoxy groups -OCH3 is 2. The summed E-state index contributed by atoms with van der Waals surface area (Å²) in [5.74, 6) is 1.42. The number of benzene rings is 1. The Labute approximate surface area is 154 Å². The number of nitrogens with one attached hydrogen (secondary N) is 1. The van der Waals surface area contributed by atoms with E-state index in [1.807, 2.05) is 25.1 Å². The van der Waals surface area contributed by atoms with Crippen molar-refractivity contribution in [2.75, 3.05) is 53.6 Å². The van der Waals surface area contributed by atoms with Crippen LogP contribution in [0.3, 0.4) is 0 Å². The third kappa shape index (κ3) is 6.41. The van der Waals surface area contributed by atoms with E-state index in [0.717, 1.165) is 44.2 Å². The Kier molecular flexibility index (Phi) is 8.37. The Balaban J connectivity index is 1.72. The van der Waals surface area contributed by atoms with E-state index in [2.05, 4.69) is 10.2 Å². The Morgan fingerprint density at radius 3 is 2.68 bits per heavy atom. The van der Waals surface area contributed by atoms with Gasteiger partial charge >= 0.3 is 0 Å². The topological polar surface area (TPSA) is 60.0 Å². The van der Waals surface area contributed by atoms with Crippen molar-refractivity contribution in [2.24, 2.45) is 0 Å². The van der Waals surface area contributed by atoms with E-state index in [1.165, 1.54) is 11.8 Å². The summed E-state index contributed by atoms with van der Waals surface area (Å²) in [6, 6.07) is 5.69. The van der Waals surface area contributed by atoms with Gasteiger partial charge in [-0.15, -0.1) is 11.8 Å². The first kappa shape index (κ1) is 19.9. The molecule has 1 N–H and O–H groups in total. The quantitative estimate of drug-likeness (QED) is 0.532. The number of thioether (sulfide) groups is 1. The van der Waals surface area contributed by atoms with Gasteiger partial charge in [-0.05, 0) is 38.1 Å². The lowest BCUT2D eigenvalue weighted by molar-refractivity contribution is -0.120. The summed E-state index contributed by atoms with van der Waals surface area (Å²) in [5.41, 5.74) is 0. The van der Waals surface area contributed by atoms with Crippen LogP contribution in [0.4, 0.5) is 0 Å². The largest absolute Gasteiger partial charge is 0.493 e. The number of hydrogen-bond acceptors (Lipinski definition) is 6. The van der Waals surface area contributed by atoms with Crippen LogP contribution in [0.15, 0.2) is 23.1 Å². The lowest BCUT2D eigenvalue weighted by atomic mass is 10.3. The molecule has 1 aliphatic rings. The molecule has 1 atom stereocenters. The molecule has 0 radical (unpaired) electrons. The van der Waals surface area contributed by atoms with Gasteiger partial charge in [0.05, 0.1) is 32.7 Å². The minimum Gasteiger partial charge on any atom is -0.493 e. The first-order chi connectivity index (χ1) is 12.1. The minimum absolute atomic E-state index is 0.0572. The number of rotatable bonds is 9. The molecule has 1 aliphatic heterocycles. The van der Waals surface area contributed by atoms with Gasteiger partial charge in [0, 0.05) is 24.5 Å². The zero-order chi connectivity index (χ0) is 18.1. The molecule has 140 valence electrons. The van der Waals surface area contributed by atoms with Gasteiger partial charge in [0.1, 0.15) is 0 Å². The highest BCUT2D eigenvalue weighted by Gasteiger charge is 2.16. The van der Waals surface area contributed by atoms with Crippen LogP contribution in [0.25, 0.3) is 0 Å². The van der Waals surface area contributed by atoms with Crippen LogP contribution in [0.5, 0.6) is 11.5 Å². The van der Waals surface area contributed by atoms with Crippen molar-refractivity contribution in [3.63, 3.8) is 0 Å². The third-order valence-electron chi connectivity index (χ3n) is 4.09. The second-order valence-corrected chi connectivity index (χ2v) is 7.29. The molecule has 1 heterocycles. The van der Waals surface area contributed by atoms with E-state index in [9.17, 15) is 4.79 Å². The van der Waals surface area contributed by atoms with Crippen LogP contribution in [0.2, 0.25) is 0 Å². The average Bonchev–Trinajstić information content (AvgIpc) is 2.65. The molecule has 1 amide bonds. The summed E-state index contributed by atoms with van der Waals surface area (Å²) in [6.45, 7) is 7.21. The molecule has 0 aliphatic carbocycles. The molecular formula is C18H28N2O4S. The summed E-state index contributed by atoms with van der Waals surface area (Å²) < 4.78 is 15.9. The van der Waals surface area contributed by atoms with Crippen molar-refractivity contribution in [3.05, 3.63) is 18.2 Å². The Hall–Kier alpha value is -1.44. The number of hydrogen-bond donors (Lipinski definition) is 1. The molecule has 0 aromatic heterocycles. The summed E-state index contributed by atoms with van der Waals surface area (Å²) in [5, 5.41) is 2.85. The van der Waals surface area contributed by atoms with Gasteiger partial charge < -0.3 is 19.5 Å². The number of carbonyl (C=O) groups excluding carboxylic acids is 1. The number of nitrogens with zero attached hydrogens (tertiary/aromatic N) is 1. The summed E-state index contributed by atoms with van der Waals surface area (Å²) in [4.78, 5) is 15.6. The van der Waals surface area contributed by atoms with E-state index in [0.29, 0.717) is 18.0 Å². The molecule has 6 nitrogen and oxygen atoms in total. The fourth-order valence-electron chi connectivity index (χ4n) is 2.63. The highest BCUT2D eigenvalue weighted by Crippen LogP contribution is 2.33. The SMILES string of the molecule is COc1ccc(S[C@H](C)C(=O)NCCCN2CCOCC2)cc1OC. The maximum Gasteiger partial charge on any atom is 0.233 e. The molecule has 2 rings (SSSR count). The highest BCUT2D eigenvalue weighted by molar-refractivity contribution is 8.00. The van der Waals surface area contributed by atoms with Crippen LogP contribution in [-0.4, -0.2) is 69.7 Å². The molecule has 1 aromatic carbocycles. The predicted octanol–water partition coefficient (Wildman–Crippen LogP) is 2.02. The summed E-state index contributed by atoms with van der Waals surface area (Å²) >= 11 is 1.51. The van der Waals surface area contributed by atoms with E-state index in [1.54, 1.807) is 14.2 Å². The van der Waals surface area contributed by atoms with Crippen LogP contribution in [0, 0.1) is 0 Å². The Morgan fingerprint density at radius 2 is 2.00 bits per heavy atom. The highest BCUT2D eigenvalue weighted by atomic mass is 32.2. The molecule has 0 bridgehead atoms. The number of morpholine rings is 1. The molecule has 0 saturated carbocycles.